The van der Waals surface area contributed by atoms with Gasteiger partial charge < -0.3 is 11.1 Å². The normalized spacial score (nSPS) is 14.4. The largest absolute Gasteiger partial charge is 0.366 e. The predicted octanol–water partition coefficient (Wildman–Crippen LogP) is 3.81. The molecule has 3 N–H and O–H groups in total. The molecular weight excluding hydrogens is 339 g/mol. The van der Waals surface area contributed by atoms with Crippen molar-refractivity contribution >= 4 is 5.91 Å². The molecule has 0 radical (unpaired) electrons. The van der Waals surface area contributed by atoms with Gasteiger partial charge >= 0.3 is 0 Å². The Morgan fingerprint density at radius 2 is 1.85 bits per heavy atom. The Balaban J connectivity index is 1.80. The van der Waals surface area contributed by atoms with Crippen molar-refractivity contribution in [2.24, 2.45) is 5.73 Å². The predicted molar refractivity (Wildman–Crippen MR) is 104 cm³/mol. The summed E-state index contributed by atoms with van der Waals surface area (Å²) in [4.78, 5) is 12.0. The van der Waals surface area contributed by atoms with Crippen LogP contribution in [0.4, 0.5) is 4.39 Å². The van der Waals surface area contributed by atoms with E-state index in [2.05, 4.69) is 17.4 Å². The first-order valence-corrected chi connectivity index (χ1v) is 9.20. The zero-order valence-electron chi connectivity index (χ0n) is 14.8. The van der Waals surface area contributed by atoms with Gasteiger partial charge in [-0.25, -0.2) is 4.39 Å². The Bertz CT molecular complexity index is 1100. The molecular formula is C23H19FN2O. The van der Waals surface area contributed by atoms with Crippen LogP contribution in [-0.2, 0) is 19.4 Å². The van der Waals surface area contributed by atoms with Crippen molar-refractivity contribution in [2.45, 2.75) is 19.4 Å². The molecule has 134 valence electrons. The van der Waals surface area contributed by atoms with Gasteiger partial charge in [0.25, 0.3) is 0 Å². The van der Waals surface area contributed by atoms with Crippen LogP contribution in [0.25, 0.3) is 22.3 Å². The minimum absolute atomic E-state index is 0.280. The second-order valence-corrected chi connectivity index (χ2v) is 7.24. The van der Waals surface area contributed by atoms with Crippen LogP contribution < -0.4 is 11.1 Å². The van der Waals surface area contributed by atoms with E-state index in [-0.39, 0.29) is 5.56 Å². The van der Waals surface area contributed by atoms with Crippen LogP contribution in [0.2, 0.25) is 0 Å². The van der Waals surface area contributed by atoms with Crippen molar-refractivity contribution in [3.8, 4) is 22.3 Å². The molecule has 3 aromatic carbocycles. The minimum Gasteiger partial charge on any atom is -0.366 e. The summed E-state index contributed by atoms with van der Waals surface area (Å²) in [5.74, 6) is -0.984. The van der Waals surface area contributed by atoms with Crippen molar-refractivity contribution < 1.29 is 9.18 Å². The third-order valence-electron chi connectivity index (χ3n) is 5.69. The number of rotatable bonds is 2. The summed E-state index contributed by atoms with van der Waals surface area (Å²) in [6.07, 6.45) is 1.59. The number of carbonyl (C=O) groups excluding carboxylic acids is 1. The summed E-state index contributed by atoms with van der Waals surface area (Å²) in [5.41, 5.74) is 13.5. The molecule has 4 heteroatoms. The van der Waals surface area contributed by atoms with Gasteiger partial charge in [-0.3, -0.25) is 4.79 Å². The topological polar surface area (TPSA) is 55.1 Å². The summed E-state index contributed by atoms with van der Waals surface area (Å²) in [7, 11) is 0. The fourth-order valence-corrected chi connectivity index (χ4v) is 4.42. The maximum Gasteiger partial charge on any atom is 0.249 e. The van der Waals surface area contributed by atoms with E-state index >= 15 is 4.39 Å². The smallest absolute Gasteiger partial charge is 0.249 e. The molecule has 0 atom stereocenters. The van der Waals surface area contributed by atoms with Crippen LogP contribution >= 0.6 is 0 Å². The van der Waals surface area contributed by atoms with E-state index < -0.39 is 11.7 Å². The van der Waals surface area contributed by atoms with Crippen molar-refractivity contribution in [1.29, 1.82) is 0 Å². The van der Waals surface area contributed by atoms with Gasteiger partial charge in [-0.15, -0.1) is 0 Å². The van der Waals surface area contributed by atoms with E-state index in [1.165, 1.54) is 17.2 Å². The van der Waals surface area contributed by atoms with E-state index in [4.69, 9.17) is 5.73 Å². The molecule has 3 aromatic rings. The highest BCUT2D eigenvalue weighted by molar-refractivity contribution is 6.01. The highest BCUT2D eigenvalue weighted by atomic mass is 19.1. The van der Waals surface area contributed by atoms with Gasteiger partial charge in [-0.05, 0) is 70.5 Å². The fourth-order valence-electron chi connectivity index (χ4n) is 4.42. The number of hydrogen-bond donors (Lipinski definition) is 2. The second kappa shape index (κ2) is 6.03. The van der Waals surface area contributed by atoms with E-state index in [0.29, 0.717) is 12.0 Å². The van der Waals surface area contributed by atoms with Gasteiger partial charge in [0.05, 0.1) is 0 Å². The Morgan fingerprint density at radius 3 is 2.70 bits per heavy atom. The Morgan fingerprint density at radius 1 is 1.00 bits per heavy atom. The monoisotopic (exact) mass is 358 g/mol. The van der Waals surface area contributed by atoms with Gasteiger partial charge in [0.2, 0.25) is 5.91 Å². The summed E-state index contributed by atoms with van der Waals surface area (Å²) in [6.45, 7) is 1.76. The number of amides is 1. The van der Waals surface area contributed by atoms with Gasteiger partial charge in [-0.1, -0.05) is 36.4 Å². The first kappa shape index (κ1) is 16.2. The van der Waals surface area contributed by atoms with Crippen LogP contribution in [0, 0.1) is 5.82 Å². The molecule has 1 aliphatic carbocycles. The van der Waals surface area contributed by atoms with E-state index in [1.807, 2.05) is 30.3 Å². The van der Waals surface area contributed by atoms with Crippen LogP contribution in [0.1, 0.15) is 32.6 Å². The average Bonchev–Trinajstić information content (AvgIpc) is 3.06. The number of hydrogen-bond acceptors (Lipinski definition) is 2. The number of nitrogens with one attached hydrogen (secondary N) is 1. The lowest BCUT2D eigenvalue weighted by Crippen LogP contribution is -2.23. The van der Waals surface area contributed by atoms with Gasteiger partial charge in [0, 0.05) is 17.7 Å². The SMILES string of the molecule is NC(=O)c1cc(F)c(-c2ccc3c(c2)CNCC3)c2c1Cc1ccccc1-2. The number of nitrogens with two attached hydrogens (primary N) is 1. The van der Waals surface area contributed by atoms with Gasteiger partial charge in [0.15, 0.2) is 0 Å². The fraction of sp³-hybridized carbons (Fsp3) is 0.174. The number of carbonyl (C=O) groups is 1. The molecule has 0 bridgehead atoms. The standard InChI is InChI=1S/C23H19FN2O/c24-20-11-19(23(25)27)18-10-14-3-1-2-4-17(14)22(18)21(20)15-6-5-13-7-8-26-12-16(13)9-15/h1-6,9,11,26H,7-8,10,12H2,(H2,25,27). The third kappa shape index (κ3) is 2.48. The summed E-state index contributed by atoms with van der Waals surface area (Å²) >= 11 is 0. The zero-order chi connectivity index (χ0) is 18.5. The molecule has 2 aliphatic rings. The molecule has 27 heavy (non-hydrogen) atoms. The molecule has 0 saturated heterocycles. The van der Waals surface area contributed by atoms with E-state index in [1.54, 1.807) is 0 Å². The van der Waals surface area contributed by atoms with Crippen LogP contribution in [-0.4, -0.2) is 12.5 Å². The van der Waals surface area contributed by atoms with E-state index in [0.717, 1.165) is 47.3 Å². The summed E-state index contributed by atoms with van der Waals surface area (Å²) < 4.78 is 15.3. The number of benzene rings is 3. The molecule has 0 unspecified atom stereocenters. The van der Waals surface area contributed by atoms with Crippen molar-refractivity contribution in [3.05, 3.63) is 82.2 Å². The van der Waals surface area contributed by atoms with Crippen LogP contribution in [0.15, 0.2) is 48.5 Å². The highest BCUT2D eigenvalue weighted by Gasteiger charge is 2.29. The Hall–Kier alpha value is -2.98. The quantitative estimate of drug-likeness (QED) is 0.572. The number of fused-ring (bicyclic) bond motifs is 4. The Kier molecular flexibility index (Phi) is 3.62. The van der Waals surface area contributed by atoms with Crippen LogP contribution in [0.5, 0.6) is 0 Å². The highest BCUT2D eigenvalue weighted by Crippen LogP contribution is 2.46. The first-order valence-electron chi connectivity index (χ1n) is 9.20. The third-order valence-corrected chi connectivity index (χ3v) is 5.69. The molecule has 3 nitrogen and oxygen atoms in total. The maximum atomic E-state index is 15.3. The van der Waals surface area contributed by atoms with Gasteiger partial charge in [0.1, 0.15) is 5.82 Å². The molecule has 1 heterocycles. The average molecular weight is 358 g/mol. The second-order valence-electron chi connectivity index (χ2n) is 7.24. The minimum atomic E-state index is -0.584. The molecule has 0 saturated carbocycles. The zero-order valence-corrected chi connectivity index (χ0v) is 14.8. The lowest BCUT2D eigenvalue weighted by atomic mass is 9.88. The van der Waals surface area contributed by atoms with Crippen LogP contribution in [0.3, 0.4) is 0 Å². The Labute approximate surface area is 157 Å². The molecule has 5 rings (SSSR count). The van der Waals surface area contributed by atoms with Crippen molar-refractivity contribution in [3.63, 3.8) is 0 Å². The molecule has 0 fully saturated rings. The van der Waals surface area contributed by atoms with Crippen molar-refractivity contribution in [2.75, 3.05) is 6.54 Å². The van der Waals surface area contributed by atoms with E-state index in [9.17, 15) is 4.79 Å². The molecule has 0 aromatic heterocycles. The van der Waals surface area contributed by atoms with Gasteiger partial charge in [-0.2, -0.15) is 0 Å². The number of primary amides is 1. The lowest BCUT2D eigenvalue weighted by Gasteiger charge is -2.20. The van der Waals surface area contributed by atoms with Crippen molar-refractivity contribution in [1.82, 2.24) is 5.32 Å². The summed E-state index contributed by atoms with van der Waals surface area (Å²) in [5, 5.41) is 3.37. The summed E-state index contributed by atoms with van der Waals surface area (Å²) in [6, 6.07) is 15.4. The molecule has 1 amide bonds. The first-order chi connectivity index (χ1) is 13.1. The maximum absolute atomic E-state index is 15.3. The number of halogens is 1. The lowest BCUT2D eigenvalue weighted by molar-refractivity contribution is 0.0999. The molecule has 1 aliphatic heterocycles. The molecule has 0 spiro atoms.